The van der Waals surface area contributed by atoms with Gasteiger partial charge in [0.05, 0.1) is 0 Å². The van der Waals surface area contributed by atoms with E-state index in [0.29, 0.717) is 4.99 Å². The lowest BCUT2D eigenvalue weighted by atomic mass is 10.2. The number of nitrogens with two attached hydrogens (primary N) is 1. The van der Waals surface area contributed by atoms with Crippen molar-refractivity contribution in [2.75, 3.05) is 0 Å². The van der Waals surface area contributed by atoms with E-state index < -0.39 is 0 Å². The minimum absolute atomic E-state index is 0.377. The second-order valence-corrected chi connectivity index (χ2v) is 3.77. The molecule has 2 heterocycles. The molecule has 2 aromatic rings. The molecule has 0 aliphatic rings. The van der Waals surface area contributed by atoms with Crippen LogP contribution in [0.25, 0.3) is 5.82 Å². The molecule has 82 valence electrons. The summed E-state index contributed by atoms with van der Waals surface area (Å²) in [5.41, 5.74) is 6.40. The van der Waals surface area contributed by atoms with Crippen molar-refractivity contribution in [1.82, 2.24) is 14.5 Å². The molecule has 16 heavy (non-hydrogen) atoms. The van der Waals surface area contributed by atoms with Crippen molar-refractivity contribution in [3.05, 3.63) is 42.1 Å². The van der Waals surface area contributed by atoms with Gasteiger partial charge in [-0.05, 0) is 12.1 Å². The predicted molar refractivity (Wildman–Crippen MR) is 66.6 cm³/mol. The maximum absolute atomic E-state index is 5.59. The van der Waals surface area contributed by atoms with Gasteiger partial charge in [0.1, 0.15) is 16.6 Å². The molecule has 2 N–H and O–H groups in total. The summed E-state index contributed by atoms with van der Waals surface area (Å²) < 4.78 is 1.93. The average molecular weight is 232 g/mol. The average Bonchev–Trinajstić information content (AvgIpc) is 2.77. The molecule has 2 rings (SSSR count). The van der Waals surface area contributed by atoms with E-state index in [4.69, 9.17) is 18.0 Å². The Kier molecular flexibility index (Phi) is 2.96. The molecule has 0 atom stereocenters. The number of hydrogen-bond donors (Lipinski definition) is 1. The third-order valence-electron chi connectivity index (χ3n) is 2.31. The molecule has 5 heteroatoms. The highest BCUT2D eigenvalue weighted by atomic mass is 32.1. The molecule has 0 aliphatic carbocycles. The van der Waals surface area contributed by atoms with Crippen molar-refractivity contribution >= 4 is 17.2 Å². The summed E-state index contributed by atoms with van der Waals surface area (Å²) in [4.78, 5) is 8.90. The first kappa shape index (κ1) is 10.8. The number of thiocarbonyl (C=S) groups is 1. The van der Waals surface area contributed by atoms with E-state index in [-0.39, 0.29) is 0 Å². The lowest BCUT2D eigenvalue weighted by Gasteiger charge is -2.06. The van der Waals surface area contributed by atoms with Crippen LogP contribution in [-0.4, -0.2) is 19.5 Å². The Bertz CT molecular complexity index is 518. The lowest BCUT2D eigenvalue weighted by Crippen LogP contribution is -2.11. The third kappa shape index (κ3) is 1.94. The summed E-state index contributed by atoms with van der Waals surface area (Å²) in [6.45, 7) is 2.05. The lowest BCUT2D eigenvalue weighted by molar-refractivity contribution is 0.867. The fraction of sp³-hybridized carbons (Fsp3) is 0.182. The van der Waals surface area contributed by atoms with Gasteiger partial charge in [0.15, 0.2) is 0 Å². The van der Waals surface area contributed by atoms with Crippen LogP contribution in [0.2, 0.25) is 0 Å². The smallest absolute Gasteiger partial charge is 0.138 e. The Balaban J connectivity index is 2.48. The van der Waals surface area contributed by atoms with E-state index >= 15 is 0 Å². The number of nitrogens with zero attached hydrogens (tertiary/aromatic N) is 3. The molecular formula is C11H12N4S. The Hall–Kier alpha value is -1.75. The third-order valence-corrected chi connectivity index (χ3v) is 2.55. The van der Waals surface area contributed by atoms with Crippen LogP contribution in [0.3, 0.4) is 0 Å². The zero-order valence-corrected chi connectivity index (χ0v) is 9.74. The zero-order valence-electron chi connectivity index (χ0n) is 8.92. The highest BCUT2D eigenvalue weighted by Crippen LogP contribution is 2.10. The van der Waals surface area contributed by atoms with E-state index in [0.717, 1.165) is 23.6 Å². The van der Waals surface area contributed by atoms with Crippen LogP contribution in [0.4, 0.5) is 0 Å². The second-order valence-electron chi connectivity index (χ2n) is 3.33. The van der Waals surface area contributed by atoms with Gasteiger partial charge in [0, 0.05) is 30.6 Å². The maximum Gasteiger partial charge on any atom is 0.138 e. The second kappa shape index (κ2) is 4.40. The number of aryl methyl sites for hydroxylation is 1. The van der Waals surface area contributed by atoms with Crippen LogP contribution < -0.4 is 5.73 Å². The largest absolute Gasteiger partial charge is 0.389 e. The van der Waals surface area contributed by atoms with Gasteiger partial charge in [-0.3, -0.25) is 4.57 Å². The Morgan fingerprint density at radius 1 is 1.44 bits per heavy atom. The van der Waals surface area contributed by atoms with Gasteiger partial charge in [-0.15, -0.1) is 0 Å². The fourth-order valence-electron chi connectivity index (χ4n) is 1.51. The number of rotatable bonds is 3. The first-order valence-corrected chi connectivity index (χ1v) is 5.41. The normalized spacial score (nSPS) is 10.3. The van der Waals surface area contributed by atoms with Gasteiger partial charge >= 0.3 is 0 Å². The van der Waals surface area contributed by atoms with Gasteiger partial charge in [0.25, 0.3) is 0 Å². The minimum atomic E-state index is 0.377. The fourth-order valence-corrected chi connectivity index (χ4v) is 1.63. The quantitative estimate of drug-likeness (QED) is 0.814. The SMILES string of the molecule is CCc1nccn1-c1cc(C(N)=S)ccn1. The van der Waals surface area contributed by atoms with Crippen LogP contribution in [0.1, 0.15) is 18.3 Å². The number of hydrogen-bond acceptors (Lipinski definition) is 3. The molecular weight excluding hydrogens is 220 g/mol. The summed E-state index contributed by atoms with van der Waals surface area (Å²) in [7, 11) is 0. The van der Waals surface area contributed by atoms with Gasteiger partial charge < -0.3 is 5.73 Å². The molecule has 0 saturated carbocycles. The van der Waals surface area contributed by atoms with Crippen LogP contribution in [0.15, 0.2) is 30.7 Å². The highest BCUT2D eigenvalue weighted by Gasteiger charge is 2.05. The minimum Gasteiger partial charge on any atom is -0.389 e. The van der Waals surface area contributed by atoms with Crippen molar-refractivity contribution in [2.24, 2.45) is 5.73 Å². The first-order chi connectivity index (χ1) is 7.72. The van der Waals surface area contributed by atoms with Crippen molar-refractivity contribution in [2.45, 2.75) is 13.3 Å². The summed E-state index contributed by atoms with van der Waals surface area (Å²) >= 11 is 4.94. The van der Waals surface area contributed by atoms with E-state index in [1.807, 2.05) is 16.8 Å². The summed E-state index contributed by atoms with van der Waals surface area (Å²) in [6, 6.07) is 3.66. The van der Waals surface area contributed by atoms with Crippen LogP contribution >= 0.6 is 12.2 Å². The van der Waals surface area contributed by atoms with Gasteiger partial charge in [0.2, 0.25) is 0 Å². The number of imidazole rings is 1. The van der Waals surface area contributed by atoms with Crippen molar-refractivity contribution in [3.8, 4) is 5.82 Å². The Labute approximate surface area is 99.1 Å². The molecule has 4 nitrogen and oxygen atoms in total. The molecule has 0 fully saturated rings. The van der Waals surface area contributed by atoms with Crippen LogP contribution in [-0.2, 0) is 6.42 Å². The van der Waals surface area contributed by atoms with Crippen molar-refractivity contribution in [3.63, 3.8) is 0 Å². The van der Waals surface area contributed by atoms with E-state index in [2.05, 4.69) is 16.9 Å². The standard InChI is InChI=1S/C11H12N4S/c1-2-9-14-5-6-15(9)10-7-8(11(12)16)3-4-13-10/h3-7H,2H2,1H3,(H2,12,16). The first-order valence-electron chi connectivity index (χ1n) is 5.01. The molecule has 0 radical (unpaired) electrons. The van der Waals surface area contributed by atoms with Gasteiger partial charge in [-0.25, -0.2) is 9.97 Å². The topological polar surface area (TPSA) is 56.7 Å². The molecule has 0 amide bonds. The predicted octanol–water partition coefficient (Wildman–Crippen LogP) is 1.46. The Morgan fingerprint density at radius 2 is 2.25 bits per heavy atom. The molecule has 0 unspecified atom stereocenters. The summed E-state index contributed by atoms with van der Waals surface area (Å²) in [6.07, 6.45) is 6.19. The van der Waals surface area contributed by atoms with Gasteiger partial charge in [-0.2, -0.15) is 0 Å². The van der Waals surface area contributed by atoms with E-state index in [9.17, 15) is 0 Å². The number of pyridine rings is 1. The molecule has 0 bridgehead atoms. The van der Waals surface area contributed by atoms with Crippen LogP contribution in [0, 0.1) is 0 Å². The summed E-state index contributed by atoms with van der Waals surface area (Å²) in [5.74, 6) is 1.76. The highest BCUT2D eigenvalue weighted by molar-refractivity contribution is 7.80. The molecule has 0 aromatic carbocycles. The van der Waals surface area contributed by atoms with Crippen molar-refractivity contribution in [1.29, 1.82) is 0 Å². The molecule has 2 aromatic heterocycles. The molecule has 0 saturated heterocycles. The van der Waals surface area contributed by atoms with Crippen LogP contribution in [0.5, 0.6) is 0 Å². The number of aromatic nitrogens is 3. The maximum atomic E-state index is 5.59. The monoisotopic (exact) mass is 232 g/mol. The van der Waals surface area contributed by atoms with Crippen molar-refractivity contribution < 1.29 is 0 Å². The zero-order chi connectivity index (χ0) is 11.5. The van der Waals surface area contributed by atoms with E-state index in [1.54, 1.807) is 18.5 Å². The van der Waals surface area contributed by atoms with E-state index in [1.165, 1.54) is 0 Å². The molecule has 0 aliphatic heterocycles. The van der Waals surface area contributed by atoms with Gasteiger partial charge in [-0.1, -0.05) is 19.1 Å². The molecule has 0 spiro atoms. The summed E-state index contributed by atoms with van der Waals surface area (Å²) in [5, 5.41) is 0. The Morgan fingerprint density at radius 3 is 2.94 bits per heavy atom.